The number of amides is 1. The van der Waals surface area contributed by atoms with Gasteiger partial charge in [0.2, 0.25) is 5.91 Å². The molecule has 3 atom stereocenters. The predicted molar refractivity (Wildman–Crippen MR) is 68.8 cm³/mol. The molecule has 1 aliphatic heterocycles. The molecule has 0 aliphatic carbocycles. The molecule has 0 bridgehead atoms. The molecule has 1 amide bonds. The highest BCUT2D eigenvalue weighted by atomic mass is 19.4. The fourth-order valence-electron chi connectivity index (χ4n) is 2.41. The molecule has 1 heterocycles. The molecular formula is C13H23F3N2O2. The first-order valence-electron chi connectivity index (χ1n) is 6.97. The van der Waals surface area contributed by atoms with Crippen LogP contribution in [0.15, 0.2) is 0 Å². The molecule has 1 rings (SSSR count). The highest BCUT2D eigenvalue weighted by molar-refractivity contribution is 5.82. The molecule has 4 nitrogen and oxygen atoms in total. The Morgan fingerprint density at radius 1 is 1.40 bits per heavy atom. The lowest BCUT2D eigenvalue weighted by atomic mass is 9.90. The van der Waals surface area contributed by atoms with Gasteiger partial charge in [0.25, 0.3) is 0 Å². The number of hydrogen-bond acceptors (Lipinski definition) is 3. The normalized spacial score (nSPS) is 22.4. The molecule has 0 aromatic rings. The van der Waals surface area contributed by atoms with Crippen LogP contribution in [0.1, 0.15) is 33.1 Å². The van der Waals surface area contributed by atoms with E-state index < -0.39 is 24.2 Å². The molecule has 20 heavy (non-hydrogen) atoms. The lowest BCUT2D eigenvalue weighted by Gasteiger charge is -2.36. The van der Waals surface area contributed by atoms with E-state index in [0.717, 1.165) is 6.42 Å². The van der Waals surface area contributed by atoms with Gasteiger partial charge in [0.1, 0.15) is 0 Å². The summed E-state index contributed by atoms with van der Waals surface area (Å²) in [4.78, 5) is 13.6. The van der Waals surface area contributed by atoms with Gasteiger partial charge >= 0.3 is 6.18 Å². The number of hydrogen-bond donors (Lipinski definition) is 2. The Morgan fingerprint density at radius 3 is 2.30 bits per heavy atom. The monoisotopic (exact) mass is 296 g/mol. The van der Waals surface area contributed by atoms with Crippen molar-refractivity contribution < 1.29 is 23.1 Å². The summed E-state index contributed by atoms with van der Waals surface area (Å²) in [5, 5.41) is 9.22. The van der Waals surface area contributed by atoms with Crippen molar-refractivity contribution in [3.63, 3.8) is 0 Å². The molecule has 3 unspecified atom stereocenters. The molecule has 0 aromatic heterocycles. The van der Waals surface area contributed by atoms with Crippen molar-refractivity contribution in [1.29, 1.82) is 0 Å². The van der Waals surface area contributed by atoms with Crippen LogP contribution in [0.25, 0.3) is 0 Å². The Kier molecular flexibility index (Phi) is 5.82. The molecule has 3 N–H and O–H groups in total. The van der Waals surface area contributed by atoms with Gasteiger partial charge in [-0.2, -0.15) is 13.2 Å². The van der Waals surface area contributed by atoms with E-state index in [9.17, 15) is 23.1 Å². The smallest absolute Gasteiger partial charge is 0.383 e. The summed E-state index contributed by atoms with van der Waals surface area (Å²) in [6.07, 6.45) is -5.82. The van der Waals surface area contributed by atoms with Crippen molar-refractivity contribution in [3.8, 4) is 0 Å². The van der Waals surface area contributed by atoms with Crippen LogP contribution in [0, 0.1) is 11.8 Å². The molecule has 1 aliphatic rings. The standard InChI is InChI=1S/C13H23F3N2O2/c1-3-8(2)10(17)12(20)18-6-4-9(5-7-18)11(19)13(14,15)16/h8-11,19H,3-7,17H2,1-2H3. The summed E-state index contributed by atoms with van der Waals surface area (Å²) >= 11 is 0. The number of carbonyl (C=O) groups is 1. The minimum Gasteiger partial charge on any atom is -0.383 e. The summed E-state index contributed by atoms with van der Waals surface area (Å²) in [6.45, 7) is 4.26. The first kappa shape index (κ1) is 17.2. The van der Waals surface area contributed by atoms with Crippen molar-refractivity contribution in [2.75, 3.05) is 13.1 Å². The lowest BCUT2D eigenvalue weighted by molar-refractivity contribution is -0.223. The second kappa shape index (κ2) is 6.76. The van der Waals surface area contributed by atoms with E-state index in [2.05, 4.69) is 0 Å². The molecule has 118 valence electrons. The number of carbonyl (C=O) groups excluding carboxylic acids is 1. The Labute approximate surface area is 117 Å². The van der Waals surface area contributed by atoms with Crippen LogP contribution in [0.2, 0.25) is 0 Å². The third-order valence-electron chi connectivity index (χ3n) is 4.18. The van der Waals surface area contributed by atoms with E-state index in [4.69, 9.17) is 5.73 Å². The average molecular weight is 296 g/mol. The third-order valence-corrected chi connectivity index (χ3v) is 4.18. The van der Waals surface area contributed by atoms with Gasteiger partial charge in [0.15, 0.2) is 6.10 Å². The van der Waals surface area contributed by atoms with Crippen LogP contribution in [0.3, 0.4) is 0 Å². The Balaban J connectivity index is 2.52. The summed E-state index contributed by atoms with van der Waals surface area (Å²) in [7, 11) is 0. The minimum absolute atomic E-state index is 0.0426. The van der Waals surface area contributed by atoms with Gasteiger partial charge < -0.3 is 15.7 Å². The van der Waals surface area contributed by atoms with Crippen molar-refractivity contribution >= 4 is 5.91 Å². The van der Waals surface area contributed by atoms with Crippen molar-refractivity contribution in [3.05, 3.63) is 0 Å². The Bertz CT molecular complexity index is 328. The van der Waals surface area contributed by atoms with Gasteiger partial charge in [-0.05, 0) is 24.7 Å². The number of nitrogens with zero attached hydrogens (tertiary/aromatic N) is 1. The second-order valence-corrected chi connectivity index (χ2v) is 5.56. The van der Waals surface area contributed by atoms with E-state index in [0.29, 0.717) is 0 Å². The van der Waals surface area contributed by atoms with E-state index in [-0.39, 0.29) is 37.8 Å². The van der Waals surface area contributed by atoms with Crippen LogP contribution in [0.4, 0.5) is 13.2 Å². The Morgan fingerprint density at radius 2 is 1.90 bits per heavy atom. The first-order chi connectivity index (χ1) is 9.18. The SMILES string of the molecule is CCC(C)C(N)C(=O)N1CCC(C(O)C(F)(F)F)CC1. The lowest BCUT2D eigenvalue weighted by Crippen LogP contribution is -2.51. The largest absolute Gasteiger partial charge is 0.414 e. The number of nitrogens with two attached hydrogens (primary N) is 1. The highest BCUT2D eigenvalue weighted by Crippen LogP contribution is 2.31. The fraction of sp³-hybridized carbons (Fsp3) is 0.923. The predicted octanol–water partition coefficient (Wildman–Crippen LogP) is 1.52. The van der Waals surface area contributed by atoms with E-state index in [1.54, 1.807) is 0 Å². The molecule has 1 saturated heterocycles. The summed E-state index contributed by atoms with van der Waals surface area (Å²) in [6, 6.07) is -0.607. The fourth-order valence-corrected chi connectivity index (χ4v) is 2.41. The van der Waals surface area contributed by atoms with Gasteiger partial charge in [0.05, 0.1) is 6.04 Å². The van der Waals surface area contributed by atoms with Crippen LogP contribution >= 0.6 is 0 Å². The maximum atomic E-state index is 12.4. The van der Waals surface area contributed by atoms with Crippen molar-refractivity contribution in [1.82, 2.24) is 4.90 Å². The van der Waals surface area contributed by atoms with Crippen molar-refractivity contribution in [2.45, 2.75) is 51.4 Å². The van der Waals surface area contributed by atoms with Crippen LogP contribution in [-0.4, -0.2) is 47.3 Å². The number of rotatable bonds is 4. The van der Waals surface area contributed by atoms with Gasteiger partial charge in [0, 0.05) is 13.1 Å². The highest BCUT2D eigenvalue weighted by Gasteiger charge is 2.44. The minimum atomic E-state index is -4.59. The molecule has 0 aromatic carbocycles. The van der Waals surface area contributed by atoms with E-state index in [1.165, 1.54) is 4.90 Å². The van der Waals surface area contributed by atoms with Gasteiger partial charge in [-0.3, -0.25) is 4.79 Å². The molecule has 0 radical (unpaired) electrons. The topological polar surface area (TPSA) is 66.6 Å². The van der Waals surface area contributed by atoms with Crippen molar-refractivity contribution in [2.24, 2.45) is 17.6 Å². The Hall–Kier alpha value is -0.820. The van der Waals surface area contributed by atoms with Crippen LogP contribution in [0.5, 0.6) is 0 Å². The molecular weight excluding hydrogens is 273 g/mol. The number of piperidine rings is 1. The first-order valence-corrected chi connectivity index (χ1v) is 6.97. The summed E-state index contributed by atoms with van der Waals surface area (Å²) in [5.74, 6) is -1.00. The third kappa shape index (κ3) is 4.09. The molecule has 0 saturated carbocycles. The number of aliphatic hydroxyl groups excluding tert-OH is 1. The van der Waals surface area contributed by atoms with E-state index >= 15 is 0 Å². The van der Waals surface area contributed by atoms with E-state index in [1.807, 2.05) is 13.8 Å². The maximum Gasteiger partial charge on any atom is 0.414 e. The van der Waals surface area contributed by atoms with Crippen LogP contribution < -0.4 is 5.73 Å². The number of halogens is 3. The zero-order valence-corrected chi connectivity index (χ0v) is 11.9. The quantitative estimate of drug-likeness (QED) is 0.826. The zero-order chi connectivity index (χ0) is 15.5. The number of likely N-dealkylation sites (tertiary alicyclic amines) is 1. The maximum absolute atomic E-state index is 12.4. The van der Waals surface area contributed by atoms with Gasteiger partial charge in [-0.25, -0.2) is 0 Å². The summed E-state index contributed by atoms with van der Waals surface area (Å²) < 4.78 is 37.3. The zero-order valence-electron chi connectivity index (χ0n) is 11.9. The molecule has 0 spiro atoms. The molecule has 1 fully saturated rings. The van der Waals surface area contributed by atoms with Gasteiger partial charge in [-0.1, -0.05) is 20.3 Å². The number of alkyl halides is 3. The van der Waals surface area contributed by atoms with Crippen LogP contribution in [-0.2, 0) is 4.79 Å². The number of aliphatic hydroxyl groups is 1. The summed E-state index contributed by atoms with van der Waals surface area (Å²) in [5.41, 5.74) is 5.85. The molecule has 7 heteroatoms. The average Bonchev–Trinajstić information content (AvgIpc) is 2.43. The van der Waals surface area contributed by atoms with Gasteiger partial charge in [-0.15, -0.1) is 0 Å². The second-order valence-electron chi connectivity index (χ2n) is 5.56.